The Labute approximate surface area is 111 Å². The van der Waals surface area contributed by atoms with Crippen molar-refractivity contribution in [3.8, 4) is 0 Å². The first-order chi connectivity index (χ1) is 8.81. The molecule has 0 fully saturated rings. The maximum atomic E-state index is 8.67. The Morgan fingerprint density at radius 1 is 1.44 bits per heavy atom. The van der Waals surface area contributed by atoms with E-state index < -0.39 is 0 Å². The first-order valence-electron chi connectivity index (χ1n) is 6.05. The molecule has 18 heavy (non-hydrogen) atoms. The van der Waals surface area contributed by atoms with E-state index in [0.717, 1.165) is 41.5 Å². The minimum Gasteiger partial charge on any atom is -0.396 e. The minimum absolute atomic E-state index is 0.274. The van der Waals surface area contributed by atoms with E-state index in [9.17, 15) is 0 Å². The zero-order valence-electron chi connectivity index (χ0n) is 10.5. The van der Waals surface area contributed by atoms with Crippen LogP contribution in [0.2, 0.25) is 0 Å². The molecule has 0 aliphatic rings. The van der Waals surface area contributed by atoms with Gasteiger partial charge in [-0.25, -0.2) is 9.50 Å². The molecule has 6 heteroatoms. The molecule has 0 bridgehead atoms. The predicted molar refractivity (Wildman–Crippen MR) is 75.2 cm³/mol. The third kappa shape index (κ3) is 3.36. The molecular formula is C12H18N4OS. The molecule has 0 saturated carbocycles. The molecule has 0 unspecified atom stereocenters. The average molecular weight is 266 g/mol. The second-order valence-electron chi connectivity index (χ2n) is 4.01. The summed E-state index contributed by atoms with van der Waals surface area (Å²) < 4.78 is 1.84. The summed E-state index contributed by atoms with van der Waals surface area (Å²) in [6.07, 6.45) is 4.46. The number of hydrogen-bond acceptors (Lipinski definition) is 5. The van der Waals surface area contributed by atoms with Crippen molar-refractivity contribution in [2.75, 3.05) is 30.0 Å². The van der Waals surface area contributed by atoms with Crippen LogP contribution in [0.3, 0.4) is 0 Å². The summed E-state index contributed by atoms with van der Waals surface area (Å²) in [5.41, 5.74) is 2.00. The number of nitrogens with one attached hydrogen (secondary N) is 1. The standard InChI is InChI=1S/C12H18N4OS/c1-10-9-11-12(13-3-5-16(11)15-10)14-4-8-18-7-2-6-17/h3,5,9,17H,2,4,6-8H2,1H3,(H,13,14). The summed E-state index contributed by atoms with van der Waals surface area (Å²) in [6.45, 7) is 3.12. The summed E-state index contributed by atoms with van der Waals surface area (Å²) in [6, 6.07) is 2.02. The maximum absolute atomic E-state index is 8.67. The topological polar surface area (TPSA) is 62.5 Å². The van der Waals surface area contributed by atoms with Crippen LogP contribution in [0.4, 0.5) is 5.82 Å². The van der Waals surface area contributed by atoms with Gasteiger partial charge in [0, 0.05) is 31.3 Å². The minimum atomic E-state index is 0.274. The van der Waals surface area contributed by atoms with Gasteiger partial charge in [-0.2, -0.15) is 16.9 Å². The van der Waals surface area contributed by atoms with Crippen molar-refractivity contribution in [3.05, 3.63) is 24.2 Å². The Balaban J connectivity index is 1.87. The smallest absolute Gasteiger partial charge is 0.152 e. The number of aliphatic hydroxyl groups is 1. The predicted octanol–water partition coefficient (Wildman–Crippen LogP) is 1.57. The van der Waals surface area contributed by atoms with Crippen LogP contribution in [0.1, 0.15) is 12.1 Å². The summed E-state index contributed by atoms with van der Waals surface area (Å²) in [4.78, 5) is 4.33. The SMILES string of the molecule is Cc1cc2c(NCCSCCCO)nccn2n1. The van der Waals surface area contributed by atoms with Gasteiger partial charge in [0.1, 0.15) is 5.52 Å². The summed E-state index contributed by atoms with van der Waals surface area (Å²) in [5.74, 6) is 2.89. The van der Waals surface area contributed by atoms with E-state index >= 15 is 0 Å². The van der Waals surface area contributed by atoms with E-state index in [2.05, 4.69) is 15.4 Å². The lowest BCUT2D eigenvalue weighted by molar-refractivity contribution is 0.296. The van der Waals surface area contributed by atoms with E-state index in [1.165, 1.54) is 0 Å². The molecule has 98 valence electrons. The van der Waals surface area contributed by atoms with Crippen molar-refractivity contribution < 1.29 is 5.11 Å². The highest BCUT2D eigenvalue weighted by Crippen LogP contribution is 2.14. The van der Waals surface area contributed by atoms with Gasteiger partial charge in [-0.15, -0.1) is 0 Å². The first-order valence-corrected chi connectivity index (χ1v) is 7.20. The van der Waals surface area contributed by atoms with Gasteiger partial charge in [-0.05, 0) is 25.2 Å². The molecule has 2 N–H and O–H groups in total. The molecule has 0 aliphatic heterocycles. The van der Waals surface area contributed by atoms with E-state index in [1.54, 1.807) is 6.20 Å². The Hall–Kier alpha value is -1.27. The highest BCUT2D eigenvalue weighted by molar-refractivity contribution is 7.99. The molecule has 2 aromatic rings. The van der Waals surface area contributed by atoms with Crippen molar-refractivity contribution in [1.82, 2.24) is 14.6 Å². The van der Waals surface area contributed by atoms with Crippen LogP contribution in [-0.4, -0.2) is 44.4 Å². The zero-order valence-corrected chi connectivity index (χ0v) is 11.3. The molecule has 0 spiro atoms. The number of nitrogens with zero attached hydrogens (tertiary/aromatic N) is 3. The second kappa shape index (κ2) is 6.61. The molecule has 2 aromatic heterocycles. The van der Waals surface area contributed by atoms with Crippen molar-refractivity contribution in [2.45, 2.75) is 13.3 Å². The molecule has 0 aliphatic carbocycles. The third-order valence-electron chi connectivity index (χ3n) is 2.50. The monoisotopic (exact) mass is 266 g/mol. The van der Waals surface area contributed by atoms with Gasteiger partial charge in [0.15, 0.2) is 5.82 Å². The molecule has 0 radical (unpaired) electrons. The average Bonchev–Trinajstić information content (AvgIpc) is 2.74. The number of anilines is 1. The highest BCUT2D eigenvalue weighted by atomic mass is 32.2. The van der Waals surface area contributed by atoms with E-state index in [0.29, 0.717) is 0 Å². The molecule has 0 atom stereocenters. The number of fused-ring (bicyclic) bond motifs is 1. The normalized spacial score (nSPS) is 11.0. The molecule has 0 amide bonds. The van der Waals surface area contributed by atoms with Crippen molar-refractivity contribution in [1.29, 1.82) is 0 Å². The fraction of sp³-hybridized carbons (Fsp3) is 0.500. The number of thioether (sulfide) groups is 1. The van der Waals surface area contributed by atoms with Gasteiger partial charge in [-0.3, -0.25) is 0 Å². The van der Waals surface area contributed by atoms with Gasteiger partial charge in [0.2, 0.25) is 0 Å². The van der Waals surface area contributed by atoms with Crippen LogP contribution in [0, 0.1) is 6.92 Å². The lowest BCUT2D eigenvalue weighted by atomic mass is 10.4. The van der Waals surface area contributed by atoms with Crippen LogP contribution in [-0.2, 0) is 0 Å². The number of aromatic nitrogens is 3. The third-order valence-corrected chi connectivity index (χ3v) is 3.57. The Bertz CT molecular complexity index is 500. The van der Waals surface area contributed by atoms with E-state index in [4.69, 9.17) is 5.11 Å². The van der Waals surface area contributed by atoms with Gasteiger partial charge < -0.3 is 10.4 Å². The Morgan fingerprint density at radius 3 is 3.17 bits per heavy atom. The molecule has 0 saturated heterocycles. The zero-order chi connectivity index (χ0) is 12.8. The molecular weight excluding hydrogens is 248 g/mol. The summed E-state index contributed by atoms with van der Waals surface area (Å²) in [7, 11) is 0. The Kier molecular flexibility index (Phi) is 4.83. The van der Waals surface area contributed by atoms with Crippen molar-refractivity contribution in [3.63, 3.8) is 0 Å². The van der Waals surface area contributed by atoms with Crippen LogP contribution < -0.4 is 5.32 Å². The van der Waals surface area contributed by atoms with Crippen molar-refractivity contribution >= 4 is 23.1 Å². The summed E-state index contributed by atoms with van der Waals surface area (Å²) in [5, 5.41) is 16.3. The Morgan fingerprint density at radius 2 is 2.33 bits per heavy atom. The van der Waals surface area contributed by atoms with E-state index in [1.807, 2.05) is 35.5 Å². The molecule has 2 heterocycles. The van der Waals surface area contributed by atoms with Gasteiger partial charge in [0.25, 0.3) is 0 Å². The van der Waals surface area contributed by atoms with Crippen LogP contribution in [0.15, 0.2) is 18.5 Å². The molecule has 5 nitrogen and oxygen atoms in total. The largest absolute Gasteiger partial charge is 0.396 e. The number of aryl methyl sites for hydroxylation is 1. The van der Waals surface area contributed by atoms with Crippen LogP contribution in [0.5, 0.6) is 0 Å². The second-order valence-corrected chi connectivity index (χ2v) is 5.23. The first kappa shape index (κ1) is 13.2. The van der Waals surface area contributed by atoms with Crippen molar-refractivity contribution in [2.24, 2.45) is 0 Å². The number of hydrogen-bond donors (Lipinski definition) is 2. The van der Waals surface area contributed by atoms with Gasteiger partial charge >= 0.3 is 0 Å². The quantitative estimate of drug-likeness (QED) is 0.745. The lowest BCUT2D eigenvalue weighted by Crippen LogP contribution is -2.07. The van der Waals surface area contributed by atoms with E-state index in [-0.39, 0.29) is 6.61 Å². The summed E-state index contributed by atoms with van der Waals surface area (Å²) >= 11 is 1.83. The van der Waals surface area contributed by atoms with Crippen LogP contribution >= 0.6 is 11.8 Å². The maximum Gasteiger partial charge on any atom is 0.152 e. The fourth-order valence-corrected chi connectivity index (χ4v) is 2.47. The molecule has 0 aromatic carbocycles. The highest BCUT2D eigenvalue weighted by Gasteiger charge is 2.04. The fourth-order valence-electron chi connectivity index (χ4n) is 1.69. The van der Waals surface area contributed by atoms with Crippen LogP contribution in [0.25, 0.3) is 5.52 Å². The van der Waals surface area contributed by atoms with Gasteiger partial charge in [-0.1, -0.05) is 0 Å². The lowest BCUT2D eigenvalue weighted by Gasteiger charge is -2.06. The van der Waals surface area contributed by atoms with Gasteiger partial charge in [0.05, 0.1) is 5.69 Å². The number of aliphatic hydroxyl groups excluding tert-OH is 1. The number of rotatable bonds is 7. The molecule has 2 rings (SSSR count).